The van der Waals surface area contributed by atoms with Gasteiger partial charge in [0.25, 0.3) is 0 Å². The first-order valence-electron chi connectivity index (χ1n) is 5.64. The number of methoxy groups -OCH3 is 2. The maximum atomic E-state index is 11.6. The van der Waals surface area contributed by atoms with Gasteiger partial charge in [-0.05, 0) is 12.1 Å². The van der Waals surface area contributed by atoms with Gasteiger partial charge in [0, 0.05) is 23.4 Å². The van der Waals surface area contributed by atoms with Gasteiger partial charge in [-0.2, -0.15) is 0 Å². The third kappa shape index (κ3) is 2.82. The number of nitrogen functional groups attached to an aromatic ring is 1. The summed E-state index contributed by atoms with van der Waals surface area (Å²) < 4.78 is 9.83. The summed E-state index contributed by atoms with van der Waals surface area (Å²) in [5, 5.41) is 0. The second-order valence-corrected chi connectivity index (χ2v) is 3.89. The Balaban J connectivity index is 2.53. The van der Waals surface area contributed by atoms with Crippen LogP contribution in [0.25, 0.3) is 11.3 Å². The van der Waals surface area contributed by atoms with Crippen LogP contribution in [0, 0.1) is 0 Å². The number of ether oxygens (including phenoxy) is 2. The van der Waals surface area contributed by atoms with Crippen LogP contribution in [0.15, 0.2) is 36.4 Å². The summed E-state index contributed by atoms with van der Waals surface area (Å²) in [6, 6.07) is 10.5. The molecule has 0 aliphatic heterocycles. The number of carbonyl (C=O) groups is 1. The average molecular weight is 258 g/mol. The summed E-state index contributed by atoms with van der Waals surface area (Å²) in [4.78, 5) is 15.8. The molecule has 0 fully saturated rings. The van der Waals surface area contributed by atoms with Crippen LogP contribution < -0.4 is 10.5 Å². The number of benzene rings is 1. The van der Waals surface area contributed by atoms with Crippen molar-refractivity contribution in [2.75, 3.05) is 20.0 Å². The SMILES string of the molecule is COC(=O)c1cc(OC)cc(-c2cccc(N)c2)n1. The molecule has 1 aromatic carbocycles. The van der Waals surface area contributed by atoms with Gasteiger partial charge in [-0.15, -0.1) is 0 Å². The number of aromatic nitrogens is 1. The Morgan fingerprint density at radius 2 is 2.00 bits per heavy atom. The second-order valence-electron chi connectivity index (χ2n) is 3.89. The number of anilines is 1. The fraction of sp³-hybridized carbons (Fsp3) is 0.143. The summed E-state index contributed by atoms with van der Waals surface area (Å²) in [5.74, 6) is 0.0249. The van der Waals surface area contributed by atoms with Crippen molar-refractivity contribution in [1.29, 1.82) is 0 Å². The van der Waals surface area contributed by atoms with Crippen molar-refractivity contribution < 1.29 is 14.3 Å². The van der Waals surface area contributed by atoms with E-state index < -0.39 is 5.97 Å². The zero-order chi connectivity index (χ0) is 13.8. The molecule has 0 amide bonds. The Labute approximate surface area is 111 Å². The predicted molar refractivity (Wildman–Crippen MR) is 72.0 cm³/mol. The molecule has 5 nitrogen and oxygen atoms in total. The van der Waals surface area contributed by atoms with Gasteiger partial charge in [0.05, 0.1) is 19.9 Å². The number of nitrogens with two attached hydrogens (primary N) is 1. The summed E-state index contributed by atoms with van der Waals surface area (Å²) in [5.41, 5.74) is 7.97. The highest BCUT2D eigenvalue weighted by Crippen LogP contribution is 2.24. The van der Waals surface area contributed by atoms with Crippen LogP contribution >= 0.6 is 0 Å². The van der Waals surface area contributed by atoms with Crippen molar-refractivity contribution in [3.8, 4) is 17.0 Å². The van der Waals surface area contributed by atoms with E-state index in [1.54, 1.807) is 18.2 Å². The Kier molecular flexibility index (Phi) is 3.66. The maximum absolute atomic E-state index is 11.6. The number of nitrogens with zero attached hydrogens (tertiary/aromatic N) is 1. The average Bonchev–Trinajstić information content (AvgIpc) is 2.45. The topological polar surface area (TPSA) is 74.4 Å². The van der Waals surface area contributed by atoms with Crippen molar-refractivity contribution in [2.24, 2.45) is 0 Å². The van der Waals surface area contributed by atoms with E-state index in [1.165, 1.54) is 20.3 Å². The lowest BCUT2D eigenvalue weighted by molar-refractivity contribution is 0.0593. The molecule has 0 bridgehead atoms. The molecular weight excluding hydrogens is 244 g/mol. The molecule has 2 N–H and O–H groups in total. The van der Waals surface area contributed by atoms with E-state index in [2.05, 4.69) is 9.72 Å². The second kappa shape index (κ2) is 5.39. The lowest BCUT2D eigenvalue weighted by Crippen LogP contribution is -2.05. The molecule has 0 radical (unpaired) electrons. The standard InChI is InChI=1S/C14H14N2O3/c1-18-11-7-12(9-4-3-5-10(15)6-9)16-13(8-11)14(17)19-2/h3-8H,15H2,1-2H3. The van der Waals surface area contributed by atoms with E-state index in [9.17, 15) is 4.79 Å². The summed E-state index contributed by atoms with van der Waals surface area (Å²) in [6.07, 6.45) is 0. The van der Waals surface area contributed by atoms with Gasteiger partial charge in [0.2, 0.25) is 0 Å². The monoisotopic (exact) mass is 258 g/mol. The van der Waals surface area contributed by atoms with E-state index in [4.69, 9.17) is 10.5 Å². The van der Waals surface area contributed by atoms with Crippen molar-refractivity contribution in [1.82, 2.24) is 4.98 Å². The number of hydrogen-bond acceptors (Lipinski definition) is 5. The summed E-state index contributed by atoms with van der Waals surface area (Å²) in [6.45, 7) is 0. The highest BCUT2D eigenvalue weighted by atomic mass is 16.5. The molecule has 98 valence electrons. The van der Waals surface area contributed by atoms with E-state index in [0.29, 0.717) is 17.1 Å². The van der Waals surface area contributed by atoms with Crippen LogP contribution in [-0.2, 0) is 4.74 Å². The molecule has 0 spiro atoms. The van der Waals surface area contributed by atoms with Crippen LogP contribution in [0.3, 0.4) is 0 Å². The van der Waals surface area contributed by atoms with Crippen LogP contribution in [0.2, 0.25) is 0 Å². The molecule has 2 aromatic rings. The van der Waals surface area contributed by atoms with Gasteiger partial charge in [0.1, 0.15) is 5.75 Å². The number of hydrogen-bond donors (Lipinski definition) is 1. The van der Waals surface area contributed by atoms with Gasteiger partial charge in [-0.1, -0.05) is 12.1 Å². The maximum Gasteiger partial charge on any atom is 0.356 e. The van der Waals surface area contributed by atoms with Gasteiger partial charge in [-0.25, -0.2) is 9.78 Å². The minimum atomic E-state index is -0.510. The predicted octanol–water partition coefficient (Wildman–Crippen LogP) is 2.13. The van der Waals surface area contributed by atoms with Crippen LogP contribution in [0.5, 0.6) is 5.75 Å². The van der Waals surface area contributed by atoms with Crippen molar-refractivity contribution >= 4 is 11.7 Å². The first-order chi connectivity index (χ1) is 9.13. The number of pyridine rings is 1. The van der Waals surface area contributed by atoms with E-state index in [0.717, 1.165) is 5.56 Å². The Morgan fingerprint density at radius 1 is 1.21 bits per heavy atom. The number of carbonyl (C=O) groups excluding carboxylic acids is 1. The van der Waals surface area contributed by atoms with E-state index >= 15 is 0 Å². The third-order valence-electron chi connectivity index (χ3n) is 2.61. The molecule has 0 aliphatic carbocycles. The van der Waals surface area contributed by atoms with Crippen molar-refractivity contribution in [3.63, 3.8) is 0 Å². The Hall–Kier alpha value is -2.56. The highest BCUT2D eigenvalue weighted by molar-refractivity contribution is 5.88. The van der Waals surface area contributed by atoms with E-state index in [-0.39, 0.29) is 5.69 Å². The first kappa shape index (κ1) is 12.9. The van der Waals surface area contributed by atoms with Crippen LogP contribution in [0.4, 0.5) is 5.69 Å². The highest BCUT2D eigenvalue weighted by Gasteiger charge is 2.12. The molecule has 0 atom stereocenters. The Morgan fingerprint density at radius 3 is 2.63 bits per heavy atom. The quantitative estimate of drug-likeness (QED) is 0.674. The van der Waals surface area contributed by atoms with Crippen molar-refractivity contribution in [2.45, 2.75) is 0 Å². The number of esters is 1. The molecule has 0 saturated carbocycles. The molecule has 0 unspecified atom stereocenters. The fourth-order valence-corrected chi connectivity index (χ4v) is 1.68. The molecule has 1 aromatic heterocycles. The molecular formula is C14H14N2O3. The summed E-state index contributed by atoms with van der Waals surface area (Å²) in [7, 11) is 2.84. The molecule has 5 heteroatoms. The van der Waals surface area contributed by atoms with Gasteiger partial charge >= 0.3 is 5.97 Å². The molecule has 1 heterocycles. The van der Waals surface area contributed by atoms with Gasteiger partial charge < -0.3 is 15.2 Å². The normalized spacial score (nSPS) is 10.0. The van der Waals surface area contributed by atoms with Crippen LogP contribution in [0.1, 0.15) is 10.5 Å². The number of rotatable bonds is 3. The van der Waals surface area contributed by atoms with Crippen molar-refractivity contribution in [3.05, 3.63) is 42.1 Å². The molecule has 2 rings (SSSR count). The zero-order valence-corrected chi connectivity index (χ0v) is 10.7. The minimum absolute atomic E-state index is 0.194. The summed E-state index contributed by atoms with van der Waals surface area (Å²) >= 11 is 0. The largest absolute Gasteiger partial charge is 0.497 e. The molecule has 0 saturated heterocycles. The smallest absolute Gasteiger partial charge is 0.356 e. The molecule has 19 heavy (non-hydrogen) atoms. The third-order valence-corrected chi connectivity index (χ3v) is 2.61. The minimum Gasteiger partial charge on any atom is -0.497 e. The lowest BCUT2D eigenvalue weighted by Gasteiger charge is -2.08. The Bertz CT molecular complexity index is 611. The fourth-order valence-electron chi connectivity index (χ4n) is 1.68. The first-order valence-corrected chi connectivity index (χ1v) is 5.64. The lowest BCUT2D eigenvalue weighted by atomic mass is 10.1. The van der Waals surface area contributed by atoms with E-state index in [1.807, 2.05) is 12.1 Å². The zero-order valence-electron chi connectivity index (χ0n) is 10.7. The van der Waals surface area contributed by atoms with Gasteiger partial charge in [0.15, 0.2) is 5.69 Å². The molecule has 0 aliphatic rings. The van der Waals surface area contributed by atoms with Crippen LogP contribution in [-0.4, -0.2) is 25.2 Å². The van der Waals surface area contributed by atoms with Gasteiger partial charge in [-0.3, -0.25) is 0 Å².